The minimum absolute atomic E-state index is 0.0202. The van der Waals surface area contributed by atoms with E-state index in [1.807, 2.05) is 33.8 Å². The molecule has 0 unspecified atom stereocenters. The molecule has 3 nitrogen and oxygen atoms in total. The van der Waals surface area contributed by atoms with Gasteiger partial charge in [0.1, 0.15) is 0 Å². The van der Waals surface area contributed by atoms with Gasteiger partial charge in [-0.2, -0.15) is 0 Å². The van der Waals surface area contributed by atoms with Crippen LogP contribution in [-0.2, 0) is 16.5 Å². The molecular weight excluding hydrogens is 381 g/mol. The van der Waals surface area contributed by atoms with Crippen molar-refractivity contribution in [3.63, 3.8) is 0 Å². The molecule has 0 atom stereocenters. The average Bonchev–Trinajstić information content (AvgIpc) is 2.24. The fraction of sp³-hybridized carbons (Fsp3) is 0.500. The molecule has 1 rings (SSSR count). The number of hydrogen-bond donors (Lipinski definition) is 1. The topological polar surface area (TPSA) is 60.2 Å². The van der Waals surface area contributed by atoms with Crippen LogP contribution in [0.1, 0.15) is 50.7 Å². The quantitative estimate of drug-likeness (QED) is 0.802. The Morgan fingerprint density at radius 2 is 1.35 bits per heavy atom. The Hall–Kier alpha value is 0.532. The zero-order chi connectivity index (χ0) is 16.0. The average molecular weight is 400 g/mol. The predicted octanol–water partition coefficient (Wildman–Crippen LogP) is 4.65. The summed E-state index contributed by atoms with van der Waals surface area (Å²) < 4.78 is 31.2. The van der Waals surface area contributed by atoms with Crippen molar-refractivity contribution in [2.45, 2.75) is 44.4 Å². The molecule has 0 aromatic heterocycles. The van der Waals surface area contributed by atoms with Crippen LogP contribution in [0.25, 0.3) is 0 Å². The van der Waals surface area contributed by atoms with Crippen LogP contribution in [0.15, 0.2) is 23.1 Å². The second-order valence-corrected chi connectivity index (χ2v) is 25.9. The SMILES string of the molecule is CC(C)c1cccc(C(C)C)c1[S](=O)(=O)[Cr]([NH2])([Cl])([Cl])[Cl]. The number of rotatable bonds is 4. The molecule has 0 amide bonds. The third-order valence-corrected chi connectivity index (χ3v) is 15.1. The molecule has 1 aromatic rings. The van der Waals surface area contributed by atoms with Crippen LogP contribution in [0, 0.1) is 0 Å². The molecule has 117 valence electrons. The zero-order valence-corrected chi connectivity index (χ0v) is 16.1. The van der Waals surface area contributed by atoms with Gasteiger partial charge in [0, 0.05) is 0 Å². The van der Waals surface area contributed by atoms with Crippen molar-refractivity contribution in [3.05, 3.63) is 29.3 Å². The second kappa shape index (κ2) is 5.63. The van der Waals surface area contributed by atoms with E-state index in [2.05, 4.69) is 0 Å². The summed E-state index contributed by atoms with van der Waals surface area (Å²) in [5.74, 6) is -0.0403. The second-order valence-electron chi connectivity index (χ2n) is 5.26. The Bertz CT molecular complexity index is 586. The Morgan fingerprint density at radius 1 is 1.00 bits per heavy atom. The van der Waals surface area contributed by atoms with Gasteiger partial charge in [0.25, 0.3) is 0 Å². The van der Waals surface area contributed by atoms with Crippen LogP contribution < -0.4 is 4.72 Å². The number of hydrogen-bond acceptors (Lipinski definition) is 3. The summed E-state index contributed by atoms with van der Waals surface area (Å²) in [4.78, 5) is 0.0903. The Balaban J connectivity index is 3.84. The van der Waals surface area contributed by atoms with E-state index in [9.17, 15) is 8.42 Å². The normalized spacial score (nSPS) is 15.4. The van der Waals surface area contributed by atoms with E-state index >= 15 is 0 Å². The molecular formula is C12H19Cl3CrNO2S. The third kappa shape index (κ3) is 3.47. The third-order valence-electron chi connectivity index (χ3n) is 2.95. The molecule has 0 heterocycles. The van der Waals surface area contributed by atoms with Crippen LogP contribution in [0.4, 0.5) is 0 Å². The summed E-state index contributed by atoms with van der Waals surface area (Å²) in [6.07, 6.45) is 0. The Kier molecular flexibility index (Phi) is 5.23. The van der Waals surface area contributed by atoms with E-state index in [0.29, 0.717) is 11.1 Å². The Labute approximate surface area is 133 Å². The van der Waals surface area contributed by atoms with E-state index in [1.54, 1.807) is 12.1 Å². The number of nitrogens with two attached hydrogens (primary N) is 1. The summed E-state index contributed by atoms with van der Waals surface area (Å²) in [7, 11) is 8.08. The maximum atomic E-state index is 12.8. The van der Waals surface area contributed by atoms with Gasteiger partial charge in [0.15, 0.2) is 0 Å². The monoisotopic (exact) mass is 398 g/mol. The Morgan fingerprint density at radius 3 is 1.60 bits per heavy atom. The van der Waals surface area contributed by atoms with Crippen molar-refractivity contribution in [1.82, 2.24) is 0 Å². The molecule has 0 bridgehead atoms. The van der Waals surface area contributed by atoms with Crippen molar-refractivity contribution in [1.29, 1.82) is 0 Å². The van der Waals surface area contributed by atoms with Crippen molar-refractivity contribution >= 4 is 38.4 Å². The summed E-state index contributed by atoms with van der Waals surface area (Å²) >= 11 is 0. The van der Waals surface area contributed by atoms with Gasteiger partial charge in [0.2, 0.25) is 0 Å². The molecule has 8 heteroatoms. The van der Waals surface area contributed by atoms with Crippen LogP contribution in [0.3, 0.4) is 0 Å². The molecule has 1 aromatic carbocycles. The first-order valence-corrected chi connectivity index (χ1v) is 15.0. The molecule has 20 heavy (non-hydrogen) atoms. The van der Waals surface area contributed by atoms with Gasteiger partial charge in [0.05, 0.1) is 0 Å². The predicted molar refractivity (Wildman–Crippen MR) is 83.6 cm³/mol. The molecule has 0 fully saturated rings. The van der Waals surface area contributed by atoms with Crippen molar-refractivity contribution in [2.75, 3.05) is 0 Å². The molecule has 0 aliphatic rings. The maximum absolute atomic E-state index is 12.8. The van der Waals surface area contributed by atoms with E-state index < -0.39 is 16.5 Å². The first-order chi connectivity index (χ1) is 8.76. The summed E-state index contributed by atoms with van der Waals surface area (Å²) in [5.41, 5.74) is 1.26. The number of halogens is 3. The molecule has 0 saturated carbocycles. The fourth-order valence-electron chi connectivity index (χ4n) is 1.91. The van der Waals surface area contributed by atoms with Gasteiger partial charge in [-0.15, -0.1) is 0 Å². The summed E-state index contributed by atoms with van der Waals surface area (Å²) in [5, 5.41) is 0. The minimum atomic E-state index is -5.30. The molecule has 2 N–H and O–H groups in total. The van der Waals surface area contributed by atoms with Crippen LogP contribution in [0.5, 0.6) is 0 Å². The summed E-state index contributed by atoms with van der Waals surface area (Å²) in [6.45, 7) is 7.57. The van der Waals surface area contributed by atoms with E-state index in [1.165, 1.54) is 0 Å². The van der Waals surface area contributed by atoms with E-state index in [4.69, 9.17) is 34.9 Å². The van der Waals surface area contributed by atoms with Gasteiger partial charge in [-0.25, -0.2) is 0 Å². The zero-order valence-electron chi connectivity index (χ0n) is 11.7. The van der Waals surface area contributed by atoms with Crippen LogP contribution in [-0.4, -0.2) is 8.42 Å². The van der Waals surface area contributed by atoms with Crippen molar-refractivity contribution < 1.29 is 16.7 Å². The van der Waals surface area contributed by atoms with Gasteiger partial charge in [-0.1, -0.05) is 0 Å². The van der Waals surface area contributed by atoms with E-state index in [-0.39, 0.29) is 16.7 Å². The molecule has 0 spiro atoms. The molecule has 0 aliphatic heterocycles. The van der Waals surface area contributed by atoms with E-state index in [0.717, 1.165) is 0 Å². The molecule has 0 radical (unpaired) electrons. The fourth-order valence-corrected chi connectivity index (χ4v) is 7.96. The first kappa shape index (κ1) is 18.6. The van der Waals surface area contributed by atoms with Gasteiger partial charge < -0.3 is 0 Å². The molecule has 0 saturated heterocycles. The summed E-state index contributed by atoms with van der Waals surface area (Å²) in [6, 6.07) is 5.29. The van der Waals surface area contributed by atoms with Crippen molar-refractivity contribution in [3.8, 4) is 0 Å². The standard InChI is InChI=1S/C12H17O2S.3ClH.Cr.H2N/c1-8(2)10-6-5-7-11(9(3)4)12(10)15(13)14;;;;;/h5-9H,1-4H3;3*1H;;1H2/q;;;;+4;-1/p-3. The van der Waals surface area contributed by atoms with Gasteiger partial charge >= 0.3 is 134 Å². The van der Waals surface area contributed by atoms with Crippen molar-refractivity contribution in [2.24, 2.45) is 4.72 Å². The number of benzene rings is 1. The molecule has 0 aliphatic carbocycles. The first-order valence-electron chi connectivity index (χ1n) is 6.03. The van der Waals surface area contributed by atoms with Crippen LogP contribution >= 0.6 is 30.1 Å². The van der Waals surface area contributed by atoms with Gasteiger partial charge in [-0.3, -0.25) is 0 Å². The van der Waals surface area contributed by atoms with Gasteiger partial charge in [-0.05, 0) is 0 Å². The van der Waals surface area contributed by atoms with Crippen LogP contribution in [0.2, 0.25) is 0 Å².